The Bertz CT molecular complexity index is 985. The molecule has 0 bridgehead atoms. The van der Waals surface area contributed by atoms with Crippen LogP contribution in [0.5, 0.6) is 0 Å². The van der Waals surface area contributed by atoms with Gasteiger partial charge in [-0.25, -0.2) is 0 Å². The van der Waals surface area contributed by atoms with E-state index in [0.717, 1.165) is 16.8 Å². The minimum absolute atomic E-state index is 0.00937. The number of ketones is 1. The summed E-state index contributed by atoms with van der Waals surface area (Å²) in [5, 5.41) is 14.8. The van der Waals surface area contributed by atoms with E-state index in [1.165, 1.54) is 12.1 Å². The lowest BCUT2D eigenvalue weighted by Crippen LogP contribution is -2.16. The van der Waals surface area contributed by atoms with Gasteiger partial charge in [-0.2, -0.15) is 0 Å². The zero-order valence-corrected chi connectivity index (χ0v) is 16.0. The lowest BCUT2D eigenvalue weighted by atomic mass is 9.97. The SMILES string of the molecule is Cc1ccc(C(=O)CC(Nc2cccc(Cl)c2)c2ccc([N+](=O)[O-])cc2)cc1. The van der Waals surface area contributed by atoms with Crippen LogP contribution in [0.3, 0.4) is 0 Å². The van der Waals surface area contributed by atoms with E-state index in [1.54, 1.807) is 24.3 Å². The second-order valence-electron chi connectivity index (χ2n) is 6.55. The Balaban J connectivity index is 1.87. The van der Waals surface area contributed by atoms with Crippen molar-refractivity contribution in [2.24, 2.45) is 0 Å². The summed E-state index contributed by atoms with van der Waals surface area (Å²) in [6.07, 6.45) is 0.202. The number of carbonyl (C=O) groups is 1. The van der Waals surface area contributed by atoms with Crippen LogP contribution in [0.2, 0.25) is 5.02 Å². The lowest BCUT2D eigenvalue weighted by molar-refractivity contribution is -0.384. The quantitative estimate of drug-likeness (QED) is 0.304. The highest BCUT2D eigenvalue weighted by molar-refractivity contribution is 6.30. The molecule has 0 aliphatic carbocycles. The molecule has 3 aromatic rings. The summed E-state index contributed by atoms with van der Waals surface area (Å²) < 4.78 is 0. The number of anilines is 1. The third-order valence-corrected chi connectivity index (χ3v) is 4.67. The van der Waals surface area contributed by atoms with Crippen LogP contribution in [0.4, 0.5) is 11.4 Å². The first-order chi connectivity index (χ1) is 13.4. The van der Waals surface area contributed by atoms with Crippen molar-refractivity contribution in [3.63, 3.8) is 0 Å². The summed E-state index contributed by atoms with van der Waals surface area (Å²) in [6, 6.07) is 20.5. The van der Waals surface area contributed by atoms with Crippen LogP contribution in [-0.4, -0.2) is 10.7 Å². The Morgan fingerprint density at radius 3 is 2.36 bits per heavy atom. The number of halogens is 1. The van der Waals surface area contributed by atoms with Crippen molar-refractivity contribution in [3.05, 3.63) is 105 Å². The largest absolute Gasteiger partial charge is 0.378 e. The lowest BCUT2D eigenvalue weighted by Gasteiger charge is -2.20. The normalized spacial score (nSPS) is 11.6. The number of hydrogen-bond acceptors (Lipinski definition) is 4. The van der Waals surface area contributed by atoms with Crippen molar-refractivity contribution in [2.45, 2.75) is 19.4 Å². The van der Waals surface area contributed by atoms with Gasteiger partial charge in [0.05, 0.1) is 11.0 Å². The van der Waals surface area contributed by atoms with Gasteiger partial charge in [-0.3, -0.25) is 14.9 Å². The van der Waals surface area contributed by atoms with E-state index in [4.69, 9.17) is 11.6 Å². The molecular weight excluding hydrogens is 376 g/mol. The second kappa shape index (κ2) is 8.67. The van der Waals surface area contributed by atoms with Crippen LogP contribution in [0, 0.1) is 17.0 Å². The van der Waals surface area contributed by atoms with Gasteiger partial charge in [-0.15, -0.1) is 0 Å². The van der Waals surface area contributed by atoms with Gasteiger partial charge in [-0.05, 0) is 30.7 Å². The molecule has 0 aromatic heterocycles. The fourth-order valence-corrected chi connectivity index (χ4v) is 3.09. The number of carbonyl (C=O) groups excluding carboxylic acids is 1. The molecule has 6 heteroatoms. The summed E-state index contributed by atoms with van der Waals surface area (Å²) in [5.74, 6) is -0.0159. The number of hydrogen-bond donors (Lipinski definition) is 1. The van der Waals surface area contributed by atoms with Crippen LogP contribution in [0.25, 0.3) is 0 Å². The van der Waals surface area contributed by atoms with Gasteiger partial charge in [0.15, 0.2) is 5.78 Å². The highest BCUT2D eigenvalue weighted by Crippen LogP contribution is 2.27. The average molecular weight is 395 g/mol. The highest BCUT2D eigenvalue weighted by Gasteiger charge is 2.18. The van der Waals surface area contributed by atoms with E-state index in [-0.39, 0.29) is 23.9 Å². The summed E-state index contributed by atoms with van der Waals surface area (Å²) in [5.41, 5.74) is 3.28. The zero-order valence-electron chi connectivity index (χ0n) is 15.3. The van der Waals surface area contributed by atoms with Crippen molar-refractivity contribution in [1.29, 1.82) is 0 Å². The standard InChI is InChI=1S/C22H19ClN2O3/c1-15-5-7-17(8-6-15)22(26)14-21(24-19-4-2-3-18(23)13-19)16-9-11-20(12-10-16)25(27)28/h2-13,21,24H,14H2,1H3. The van der Waals surface area contributed by atoms with Gasteiger partial charge in [0.25, 0.3) is 5.69 Å². The molecule has 3 aromatic carbocycles. The number of benzene rings is 3. The topological polar surface area (TPSA) is 72.2 Å². The molecule has 0 heterocycles. The van der Waals surface area contributed by atoms with Gasteiger partial charge in [0.1, 0.15) is 0 Å². The molecule has 0 amide bonds. The first-order valence-corrected chi connectivity index (χ1v) is 9.16. The van der Waals surface area contributed by atoms with E-state index in [0.29, 0.717) is 10.6 Å². The number of nitro benzene ring substituents is 1. The minimum Gasteiger partial charge on any atom is -0.378 e. The van der Waals surface area contributed by atoms with Gasteiger partial charge in [0.2, 0.25) is 0 Å². The molecule has 0 radical (unpaired) electrons. The molecule has 0 fully saturated rings. The Morgan fingerprint density at radius 2 is 1.75 bits per heavy atom. The van der Waals surface area contributed by atoms with Gasteiger partial charge in [-0.1, -0.05) is 59.6 Å². The molecule has 1 atom stereocenters. The molecule has 0 saturated carbocycles. The summed E-state index contributed by atoms with van der Waals surface area (Å²) >= 11 is 6.06. The maximum atomic E-state index is 12.8. The summed E-state index contributed by atoms with van der Waals surface area (Å²) in [6.45, 7) is 1.97. The zero-order chi connectivity index (χ0) is 20.1. The molecule has 3 rings (SSSR count). The highest BCUT2D eigenvalue weighted by atomic mass is 35.5. The number of nitro groups is 1. The molecule has 0 spiro atoms. The van der Waals surface area contributed by atoms with Gasteiger partial charge >= 0.3 is 0 Å². The van der Waals surface area contributed by atoms with Crippen molar-refractivity contribution in [3.8, 4) is 0 Å². The number of non-ortho nitro benzene ring substituents is 1. The molecule has 1 unspecified atom stereocenters. The molecule has 5 nitrogen and oxygen atoms in total. The van der Waals surface area contributed by atoms with Gasteiger partial charge in [0, 0.05) is 34.8 Å². The van der Waals surface area contributed by atoms with Crippen LogP contribution in [0.1, 0.15) is 33.9 Å². The molecule has 142 valence electrons. The fourth-order valence-electron chi connectivity index (χ4n) is 2.90. The third kappa shape index (κ3) is 4.96. The van der Waals surface area contributed by atoms with Crippen molar-refractivity contribution >= 4 is 28.8 Å². The minimum atomic E-state index is -0.444. The van der Waals surface area contributed by atoms with E-state index >= 15 is 0 Å². The number of rotatable bonds is 7. The maximum absolute atomic E-state index is 12.8. The average Bonchev–Trinajstić information content (AvgIpc) is 2.68. The van der Waals surface area contributed by atoms with Crippen molar-refractivity contribution in [1.82, 2.24) is 0 Å². The molecule has 28 heavy (non-hydrogen) atoms. The van der Waals surface area contributed by atoms with Crippen LogP contribution < -0.4 is 5.32 Å². The third-order valence-electron chi connectivity index (χ3n) is 4.43. The predicted octanol–water partition coefficient (Wildman–Crippen LogP) is 5.98. The fraction of sp³-hybridized carbons (Fsp3) is 0.136. The van der Waals surface area contributed by atoms with Crippen LogP contribution in [-0.2, 0) is 0 Å². The monoisotopic (exact) mass is 394 g/mol. The second-order valence-corrected chi connectivity index (χ2v) is 6.99. The number of aryl methyl sites for hydroxylation is 1. The van der Waals surface area contributed by atoms with Crippen molar-refractivity contribution < 1.29 is 9.72 Å². The van der Waals surface area contributed by atoms with E-state index in [2.05, 4.69) is 5.32 Å². The molecule has 0 aliphatic rings. The molecule has 0 aliphatic heterocycles. The smallest absolute Gasteiger partial charge is 0.269 e. The van der Waals surface area contributed by atoms with Crippen molar-refractivity contribution in [2.75, 3.05) is 5.32 Å². The molecule has 1 N–H and O–H groups in total. The molecular formula is C22H19ClN2O3. The Kier molecular flexibility index (Phi) is 6.06. The Hall–Kier alpha value is -3.18. The predicted molar refractivity (Wildman–Crippen MR) is 111 cm³/mol. The maximum Gasteiger partial charge on any atom is 0.269 e. The van der Waals surface area contributed by atoms with Crippen LogP contribution >= 0.6 is 11.6 Å². The Morgan fingerprint density at radius 1 is 1.07 bits per heavy atom. The van der Waals surface area contributed by atoms with E-state index in [9.17, 15) is 14.9 Å². The Labute approximate surface area is 168 Å². The number of nitrogens with zero attached hydrogens (tertiary/aromatic N) is 1. The number of Topliss-reactive ketones (excluding diaryl/α,β-unsaturated/α-hetero) is 1. The first kappa shape index (κ1) is 19.6. The van der Waals surface area contributed by atoms with Crippen LogP contribution in [0.15, 0.2) is 72.8 Å². The summed E-state index contributed by atoms with van der Waals surface area (Å²) in [4.78, 5) is 23.3. The summed E-state index contributed by atoms with van der Waals surface area (Å²) in [7, 11) is 0. The van der Waals surface area contributed by atoms with E-state index in [1.807, 2.05) is 43.3 Å². The van der Waals surface area contributed by atoms with Gasteiger partial charge < -0.3 is 5.32 Å². The number of nitrogens with one attached hydrogen (secondary N) is 1. The molecule has 0 saturated heterocycles. The first-order valence-electron chi connectivity index (χ1n) is 8.79. The van der Waals surface area contributed by atoms with E-state index < -0.39 is 4.92 Å².